The summed E-state index contributed by atoms with van der Waals surface area (Å²) in [6.45, 7) is 3.32. The van der Waals surface area contributed by atoms with Crippen molar-refractivity contribution in [2.45, 2.75) is 20.0 Å². The Hall–Kier alpha value is -3.54. The van der Waals surface area contributed by atoms with Crippen LogP contribution in [0.5, 0.6) is 11.5 Å². The van der Waals surface area contributed by atoms with Gasteiger partial charge in [-0.15, -0.1) is 0 Å². The summed E-state index contributed by atoms with van der Waals surface area (Å²) >= 11 is 0. The summed E-state index contributed by atoms with van der Waals surface area (Å²) in [6, 6.07) is 20.8. The molecule has 0 bridgehead atoms. The molecule has 0 aromatic heterocycles. The van der Waals surface area contributed by atoms with E-state index in [9.17, 15) is 9.59 Å². The van der Waals surface area contributed by atoms with Crippen LogP contribution in [0.1, 0.15) is 12.5 Å². The molecule has 1 atom stereocenters. The van der Waals surface area contributed by atoms with Gasteiger partial charge in [0.1, 0.15) is 11.5 Å². The Balaban J connectivity index is 1.47. The Kier molecular flexibility index (Phi) is 6.11. The molecule has 3 aromatic rings. The number of hydrazine groups is 1. The van der Waals surface area contributed by atoms with E-state index >= 15 is 0 Å². The number of fused-ring (bicyclic) bond motifs is 1. The third kappa shape index (κ3) is 5.01. The molecule has 3 aromatic carbocycles. The average Bonchev–Trinajstić information content (AvgIpc) is 2.70. The molecule has 0 aliphatic carbocycles. The Labute approximate surface area is 163 Å². The molecule has 144 valence electrons. The molecule has 2 amide bonds. The molecule has 6 heteroatoms. The zero-order chi connectivity index (χ0) is 19.9. The Morgan fingerprint density at radius 3 is 2.54 bits per heavy atom. The molecule has 28 heavy (non-hydrogen) atoms. The second kappa shape index (κ2) is 8.90. The summed E-state index contributed by atoms with van der Waals surface area (Å²) < 4.78 is 11.2. The molecule has 0 spiro atoms. The van der Waals surface area contributed by atoms with Gasteiger partial charge in [0.2, 0.25) is 0 Å². The Morgan fingerprint density at radius 2 is 1.71 bits per heavy atom. The molecule has 0 radical (unpaired) electrons. The van der Waals surface area contributed by atoms with Crippen molar-refractivity contribution in [1.29, 1.82) is 0 Å². The number of amides is 2. The van der Waals surface area contributed by atoms with Gasteiger partial charge >= 0.3 is 0 Å². The quantitative estimate of drug-likeness (QED) is 0.646. The van der Waals surface area contributed by atoms with E-state index in [0.29, 0.717) is 11.5 Å². The summed E-state index contributed by atoms with van der Waals surface area (Å²) in [6.07, 6.45) is -0.763. The van der Waals surface area contributed by atoms with Crippen molar-refractivity contribution in [1.82, 2.24) is 10.9 Å². The lowest BCUT2D eigenvalue weighted by atomic mass is 10.1. The first kappa shape index (κ1) is 19.2. The Bertz CT molecular complexity index is 982. The van der Waals surface area contributed by atoms with Crippen molar-refractivity contribution in [2.75, 3.05) is 6.61 Å². The zero-order valence-electron chi connectivity index (χ0n) is 15.8. The van der Waals surface area contributed by atoms with Crippen LogP contribution in [0.15, 0.2) is 66.7 Å². The third-order valence-electron chi connectivity index (χ3n) is 4.11. The topological polar surface area (TPSA) is 76.7 Å². The van der Waals surface area contributed by atoms with E-state index in [-0.39, 0.29) is 6.61 Å². The van der Waals surface area contributed by atoms with Crippen LogP contribution in [0.2, 0.25) is 0 Å². The molecule has 2 N–H and O–H groups in total. The first-order valence-electron chi connectivity index (χ1n) is 8.95. The minimum Gasteiger partial charge on any atom is -0.483 e. The highest BCUT2D eigenvalue weighted by atomic mass is 16.5. The van der Waals surface area contributed by atoms with Crippen molar-refractivity contribution in [3.8, 4) is 11.5 Å². The van der Waals surface area contributed by atoms with Crippen LogP contribution in [0.4, 0.5) is 0 Å². The first-order valence-corrected chi connectivity index (χ1v) is 8.95. The third-order valence-corrected chi connectivity index (χ3v) is 4.11. The van der Waals surface area contributed by atoms with E-state index in [4.69, 9.17) is 9.47 Å². The summed E-state index contributed by atoms with van der Waals surface area (Å²) in [5.41, 5.74) is 5.71. The monoisotopic (exact) mass is 378 g/mol. The van der Waals surface area contributed by atoms with Gasteiger partial charge in [-0.05, 0) is 43.0 Å². The number of hydrogen-bond acceptors (Lipinski definition) is 4. The molecule has 0 heterocycles. The minimum absolute atomic E-state index is 0.221. The number of nitrogens with one attached hydrogen (secondary N) is 2. The van der Waals surface area contributed by atoms with Gasteiger partial charge in [-0.3, -0.25) is 20.4 Å². The van der Waals surface area contributed by atoms with E-state index < -0.39 is 17.9 Å². The summed E-state index contributed by atoms with van der Waals surface area (Å²) in [7, 11) is 0. The van der Waals surface area contributed by atoms with E-state index in [1.807, 2.05) is 61.5 Å². The van der Waals surface area contributed by atoms with E-state index in [2.05, 4.69) is 10.9 Å². The van der Waals surface area contributed by atoms with Gasteiger partial charge < -0.3 is 9.47 Å². The molecule has 0 aliphatic rings. The lowest BCUT2D eigenvalue weighted by molar-refractivity contribution is -0.133. The minimum atomic E-state index is -0.763. The maximum atomic E-state index is 12.1. The fraction of sp³-hybridized carbons (Fsp3) is 0.182. The fourth-order valence-electron chi connectivity index (χ4n) is 2.68. The van der Waals surface area contributed by atoms with Crippen LogP contribution >= 0.6 is 0 Å². The zero-order valence-corrected chi connectivity index (χ0v) is 15.8. The number of aryl methyl sites for hydroxylation is 1. The Morgan fingerprint density at radius 1 is 0.964 bits per heavy atom. The van der Waals surface area contributed by atoms with Gasteiger partial charge in [-0.2, -0.15) is 0 Å². The maximum Gasteiger partial charge on any atom is 0.279 e. The molecular weight excluding hydrogens is 356 g/mol. The molecule has 0 aliphatic heterocycles. The van der Waals surface area contributed by atoms with Gasteiger partial charge in [0.15, 0.2) is 12.7 Å². The van der Waals surface area contributed by atoms with Crippen LogP contribution in [0.3, 0.4) is 0 Å². The number of carbonyl (C=O) groups excluding carboxylic acids is 2. The highest BCUT2D eigenvalue weighted by Gasteiger charge is 2.15. The highest BCUT2D eigenvalue weighted by molar-refractivity contribution is 5.89. The van der Waals surface area contributed by atoms with Crippen molar-refractivity contribution in [3.63, 3.8) is 0 Å². The van der Waals surface area contributed by atoms with Crippen LogP contribution in [0, 0.1) is 6.92 Å². The number of carbonyl (C=O) groups is 2. The first-order chi connectivity index (χ1) is 13.5. The SMILES string of the molecule is Cc1cccc(OC(C)C(=O)NNC(=O)COc2cccc3ccccc23)c1. The maximum absolute atomic E-state index is 12.1. The summed E-state index contributed by atoms with van der Waals surface area (Å²) in [4.78, 5) is 24.1. The molecule has 6 nitrogen and oxygen atoms in total. The van der Waals surface area contributed by atoms with Gasteiger partial charge in [0.05, 0.1) is 0 Å². The predicted octanol–water partition coefficient (Wildman–Crippen LogP) is 3.14. The van der Waals surface area contributed by atoms with Crippen LogP contribution in [0.25, 0.3) is 10.8 Å². The molecular formula is C22H22N2O4. The van der Waals surface area contributed by atoms with Gasteiger partial charge in [-0.25, -0.2) is 0 Å². The standard InChI is InChI=1S/C22H22N2O4/c1-15-7-5-10-18(13-15)28-16(2)22(26)24-23-21(25)14-27-20-12-6-9-17-8-3-4-11-19(17)20/h3-13,16H,14H2,1-2H3,(H,23,25)(H,24,26). The molecule has 0 saturated carbocycles. The van der Waals surface area contributed by atoms with E-state index in [1.54, 1.807) is 19.1 Å². The van der Waals surface area contributed by atoms with Gasteiger partial charge in [0.25, 0.3) is 11.8 Å². The van der Waals surface area contributed by atoms with Crippen LogP contribution in [-0.4, -0.2) is 24.5 Å². The summed E-state index contributed by atoms with van der Waals surface area (Å²) in [5, 5.41) is 1.94. The van der Waals surface area contributed by atoms with Crippen LogP contribution in [-0.2, 0) is 9.59 Å². The molecule has 0 fully saturated rings. The normalized spacial score (nSPS) is 11.5. The number of hydrogen-bond donors (Lipinski definition) is 2. The molecule has 0 saturated heterocycles. The van der Waals surface area contributed by atoms with Crippen molar-refractivity contribution in [3.05, 3.63) is 72.3 Å². The van der Waals surface area contributed by atoms with Gasteiger partial charge in [-0.1, -0.05) is 48.5 Å². The largest absolute Gasteiger partial charge is 0.483 e. The predicted molar refractivity (Wildman–Crippen MR) is 107 cm³/mol. The number of ether oxygens (including phenoxy) is 2. The molecule has 3 rings (SSSR count). The van der Waals surface area contributed by atoms with Crippen molar-refractivity contribution in [2.24, 2.45) is 0 Å². The number of rotatable bonds is 6. The fourth-order valence-corrected chi connectivity index (χ4v) is 2.68. The molecule has 1 unspecified atom stereocenters. The van der Waals surface area contributed by atoms with Crippen molar-refractivity contribution >= 4 is 22.6 Å². The highest BCUT2D eigenvalue weighted by Crippen LogP contribution is 2.24. The average molecular weight is 378 g/mol. The lowest BCUT2D eigenvalue weighted by Crippen LogP contribution is -2.48. The number of benzene rings is 3. The van der Waals surface area contributed by atoms with Crippen molar-refractivity contribution < 1.29 is 19.1 Å². The lowest BCUT2D eigenvalue weighted by Gasteiger charge is -2.15. The second-order valence-corrected chi connectivity index (χ2v) is 6.38. The summed E-state index contributed by atoms with van der Waals surface area (Å²) in [5.74, 6) is 0.271. The van der Waals surface area contributed by atoms with E-state index in [1.165, 1.54) is 0 Å². The van der Waals surface area contributed by atoms with Crippen LogP contribution < -0.4 is 20.3 Å². The second-order valence-electron chi connectivity index (χ2n) is 6.38. The van der Waals surface area contributed by atoms with E-state index in [0.717, 1.165) is 16.3 Å². The smallest absolute Gasteiger partial charge is 0.279 e. The van der Waals surface area contributed by atoms with Gasteiger partial charge in [0, 0.05) is 5.39 Å².